The van der Waals surface area contributed by atoms with Gasteiger partial charge in [0.1, 0.15) is 0 Å². The van der Waals surface area contributed by atoms with E-state index in [1.54, 1.807) is 0 Å². The minimum absolute atomic E-state index is 0.0819. The summed E-state index contributed by atoms with van der Waals surface area (Å²) in [5.41, 5.74) is 1.99. The van der Waals surface area contributed by atoms with E-state index in [0.717, 1.165) is 11.1 Å². The second kappa shape index (κ2) is 6.48. The molecule has 0 aliphatic heterocycles. The first kappa shape index (κ1) is 16.2. The Kier molecular flexibility index (Phi) is 4.38. The number of hydrogen-bond donors (Lipinski definition) is 5. The molecular weight excluding hydrogens is 314 g/mol. The molecule has 1 atom stereocenters. The second-order valence-electron chi connectivity index (χ2n) is 5.56. The molecule has 0 radical (unpaired) electrons. The molecule has 9 heteroatoms. The number of hydrogen-bond acceptors (Lipinski definition) is 7. The molecule has 0 aliphatic rings. The van der Waals surface area contributed by atoms with Gasteiger partial charge in [-0.15, -0.1) is 0 Å². The number of aromatic amines is 2. The lowest BCUT2D eigenvalue weighted by Gasteiger charge is -2.11. The SMILES string of the molecule is Cc1cc2nc3c(=O)[nH]c(=O)[nH]c3nc2cc1CNCC(O)CO. The second-order valence-corrected chi connectivity index (χ2v) is 5.56. The van der Waals surface area contributed by atoms with Crippen LogP contribution in [-0.4, -0.2) is 49.4 Å². The lowest BCUT2D eigenvalue weighted by Crippen LogP contribution is -2.29. The Morgan fingerprint density at radius 1 is 1.21 bits per heavy atom. The molecule has 3 aromatic rings. The van der Waals surface area contributed by atoms with Gasteiger partial charge in [-0.1, -0.05) is 0 Å². The Morgan fingerprint density at radius 3 is 2.71 bits per heavy atom. The molecule has 5 N–H and O–H groups in total. The Balaban J connectivity index is 2.01. The highest BCUT2D eigenvalue weighted by Crippen LogP contribution is 2.18. The van der Waals surface area contributed by atoms with Crippen molar-refractivity contribution in [1.82, 2.24) is 25.3 Å². The van der Waals surface area contributed by atoms with Crippen LogP contribution in [0.25, 0.3) is 22.2 Å². The molecule has 2 heterocycles. The molecule has 24 heavy (non-hydrogen) atoms. The van der Waals surface area contributed by atoms with Gasteiger partial charge >= 0.3 is 5.69 Å². The van der Waals surface area contributed by atoms with Gasteiger partial charge in [0.05, 0.1) is 23.7 Å². The van der Waals surface area contributed by atoms with Gasteiger partial charge in [0, 0.05) is 13.1 Å². The Bertz CT molecular complexity index is 1010. The number of nitrogens with one attached hydrogen (secondary N) is 3. The molecule has 0 saturated carbocycles. The highest BCUT2D eigenvalue weighted by atomic mass is 16.3. The highest BCUT2D eigenvalue weighted by Gasteiger charge is 2.09. The molecule has 0 fully saturated rings. The average Bonchev–Trinajstić information content (AvgIpc) is 2.54. The summed E-state index contributed by atoms with van der Waals surface area (Å²) >= 11 is 0. The van der Waals surface area contributed by atoms with Crippen LogP contribution in [0.1, 0.15) is 11.1 Å². The van der Waals surface area contributed by atoms with Crippen molar-refractivity contribution in [2.45, 2.75) is 19.6 Å². The summed E-state index contributed by atoms with van der Waals surface area (Å²) in [5, 5.41) is 21.2. The van der Waals surface area contributed by atoms with Crippen LogP contribution in [0.4, 0.5) is 0 Å². The summed E-state index contributed by atoms with van der Waals surface area (Å²) in [6.07, 6.45) is -0.814. The molecule has 1 unspecified atom stereocenters. The van der Waals surface area contributed by atoms with E-state index in [1.807, 2.05) is 19.1 Å². The fourth-order valence-corrected chi connectivity index (χ4v) is 2.43. The fourth-order valence-electron chi connectivity index (χ4n) is 2.43. The van der Waals surface area contributed by atoms with Gasteiger partial charge in [-0.3, -0.25) is 14.8 Å². The van der Waals surface area contributed by atoms with E-state index in [1.165, 1.54) is 0 Å². The molecule has 2 aromatic heterocycles. The smallest absolute Gasteiger partial charge is 0.327 e. The fraction of sp³-hybridized carbons (Fsp3) is 0.333. The molecule has 0 aliphatic carbocycles. The zero-order chi connectivity index (χ0) is 17.3. The Morgan fingerprint density at radius 2 is 1.96 bits per heavy atom. The summed E-state index contributed by atoms with van der Waals surface area (Å²) in [6, 6.07) is 3.63. The van der Waals surface area contributed by atoms with Crippen molar-refractivity contribution in [1.29, 1.82) is 0 Å². The molecule has 3 rings (SSSR count). The van der Waals surface area contributed by atoms with Crippen LogP contribution >= 0.6 is 0 Å². The van der Waals surface area contributed by atoms with Crippen molar-refractivity contribution < 1.29 is 10.2 Å². The molecule has 9 nitrogen and oxygen atoms in total. The predicted molar refractivity (Wildman–Crippen MR) is 87.8 cm³/mol. The van der Waals surface area contributed by atoms with E-state index in [0.29, 0.717) is 17.6 Å². The van der Waals surface area contributed by atoms with Crippen molar-refractivity contribution in [3.8, 4) is 0 Å². The Hall–Kier alpha value is -2.62. The summed E-state index contributed by atoms with van der Waals surface area (Å²) in [7, 11) is 0. The van der Waals surface area contributed by atoms with Crippen LogP contribution in [0.15, 0.2) is 21.7 Å². The quantitative estimate of drug-likeness (QED) is 0.374. The van der Waals surface area contributed by atoms with Crippen LogP contribution in [0.5, 0.6) is 0 Å². The summed E-state index contributed by atoms with van der Waals surface area (Å²) < 4.78 is 0. The van der Waals surface area contributed by atoms with Crippen LogP contribution in [0, 0.1) is 6.92 Å². The van der Waals surface area contributed by atoms with Crippen molar-refractivity contribution in [3.63, 3.8) is 0 Å². The lowest BCUT2D eigenvalue weighted by molar-refractivity contribution is 0.0942. The Labute approximate surface area is 135 Å². The lowest BCUT2D eigenvalue weighted by atomic mass is 10.1. The van der Waals surface area contributed by atoms with E-state index in [-0.39, 0.29) is 24.3 Å². The van der Waals surface area contributed by atoms with Crippen molar-refractivity contribution in [3.05, 3.63) is 44.1 Å². The standard InChI is InChI=1S/C15H17N5O4/c1-7-2-10-11(3-8(7)4-16-5-9(22)6-21)18-13-12(17-10)14(23)20-15(24)19-13/h2-3,9,16,21-22H,4-6H2,1H3,(H2,18,19,20,23,24). The minimum atomic E-state index is -0.814. The molecule has 0 bridgehead atoms. The average molecular weight is 331 g/mol. The number of aromatic nitrogens is 4. The number of aliphatic hydroxyl groups excluding tert-OH is 2. The number of fused-ring (bicyclic) bond motifs is 2. The number of H-pyrrole nitrogens is 2. The van der Waals surface area contributed by atoms with Gasteiger partial charge in [0.2, 0.25) is 0 Å². The topological polar surface area (TPSA) is 144 Å². The summed E-state index contributed by atoms with van der Waals surface area (Å²) in [5.74, 6) is 0. The van der Waals surface area contributed by atoms with Crippen molar-refractivity contribution in [2.24, 2.45) is 0 Å². The maximum absolute atomic E-state index is 11.8. The number of nitrogens with zero attached hydrogens (tertiary/aromatic N) is 2. The maximum atomic E-state index is 11.8. The third kappa shape index (κ3) is 3.18. The first-order valence-corrected chi connectivity index (χ1v) is 7.41. The normalized spacial score (nSPS) is 12.8. The first-order chi connectivity index (χ1) is 11.5. The number of aliphatic hydroxyl groups is 2. The van der Waals surface area contributed by atoms with Gasteiger partial charge < -0.3 is 15.5 Å². The van der Waals surface area contributed by atoms with E-state index in [4.69, 9.17) is 5.11 Å². The van der Waals surface area contributed by atoms with Crippen LogP contribution in [-0.2, 0) is 6.54 Å². The zero-order valence-electron chi connectivity index (χ0n) is 13.0. The number of benzene rings is 1. The van der Waals surface area contributed by atoms with Gasteiger partial charge in [-0.2, -0.15) is 0 Å². The zero-order valence-corrected chi connectivity index (χ0v) is 13.0. The van der Waals surface area contributed by atoms with Crippen molar-refractivity contribution in [2.75, 3.05) is 13.2 Å². The van der Waals surface area contributed by atoms with Gasteiger partial charge in [-0.25, -0.2) is 14.8 Å². The van der Waals surface area contributed by atoms with Gasteiger partial charge in [0.25, 0.3) is 5.56 Å². The van der Waals surface area contributed by atoms with E-state index >= 15 is 0 Å². The molecule has 0 spiro atoms. The van der Waals surface area contributed by atoms with Crippen LogP contribution in [0.2, 0.25) is 0 Å². The van der Waals surface area contributed by atoms with Gasteiger partial charge in [-0.05, 0) is 30.2 Å². The molecule has 126 valence electrons. The van der Waals surface area contributed by atoms with Crippen LogP contribution in [0.3, 0.4) is 0 Å². The molecule has 0 saturated heterocycles. The molecular formula is C15H17N5O4. The van der Waals surface area contributed by atoms with Crippen molar-refractivity contribution >= 4 is 22.2 Å². The molecule has 0 amide bonds. The number of aryl methyl sites for hydroxylation is 1. The predicted octanol–water partition coefficient (Wildman–Crippen LogP) is -1.09. The first-order valence-electron chi connectivity index (χ1n) is 7.41. The largest absolute Gasteiger partial charge is 0.394 e. The summed E-state index contributed by atoms with van der Waals surface area (Å²) in [4.78, 5) is 36.3. The highest BCUT2D eigenvalue weighted by molar-refractivity contribution is 5.84. The maximum Gasteiger partial charge on any atom is 0.327 e. The molecule has 1 aromatic carbocycles. The number of rotatable bonds is 5. The van der Waals surface area contributed by atoms with E-state index in [9.17, 15) is 14.7 Å². The van der Waals surface area contributed by atoms with Gasteiger partial charge in [0.15, 0.2) is 11.2 Å². The van der Waals surface area contributed by atoms with Crippen LogP contribution < -0.4 is 16.6 Å². The van der Waals surface area contributed by atoms with E-state index in [2.05, 4.69) is 25.3 Å². The third-order valence-electron chi connectivity index (χ3n) is 3.70. The summed E-state index contributed by atoms with van der Waals surface area (Å²) in [6.45, 7) is 2.34. The third-order valence-corrected chi connectivity index (χ3v) is 3.70. The monoisotopic (exact) mass is 331 g/mol. The van der Waals surface area contributed by atoms with E-state index < -0.39 is 17.4 Å². The minimum Gasteiger partial charge on any atom is -0.394 e.